The summed E-state index contributed by atoms with van der Waals surface area (Å²) in [6.07, 6.45) is -4.62. The minimum atomic E-state index is -4.07. The normalized spacial score (nSPS) is 19.6. The van der Waals surface area contributed by atoms with Crippen molar-refractivity contribution < 1.29 is 13.2 Å². The lowest BCUT2D eigenvalue weighted by Gasteiger charge is -2.35. The Morgan fingerprint density at radius 3 is 2.58 bits per heavy atom. The first-order valence-electron chi connectivity index (χ1n) is 6.53. The van der Waals surface area contributed by atoms with E-state index in [0.717, 1.165) is 36.6 Å². The Kier molecular flexibility index (Phi) is 4.86. The summed E-state index contributed by atoms with van der Waals surface area (Å²) in [5, 5.41) is 5.21. The fourth-order valence-corrected chi connectivity index (χ4v) is 3.60. The first kappa shape index (κ1) is 14.8. The molecular weight excluding hydrogens is 273 g/mol. The van der Waals surface area contributed by atoms with Gasteiger partial charge in [-0.15, -0.1) is 11.3 Å². The molecule has 2 nitrogen and oxygen atoms in total. The van der Waals surface area contributed by atoms with Crippen LogP contribution in [0.15, 0.2) is 11.4 Å². The van der Waals surface area contributed by atoms with E-state index in [0.29, 0.717) is 0 Å². The van der Waals surface area contributed by atoms with Crippen LogP contribution in [0, 0.1) is 6.92 Å². The molecule has 108 valence electrons. The summed E-state index contributed by atoms with van der Waals surface area (Å²) >= 11 is 1.57. The second-order valence-corrected chi connectivity index (χ2v) is 5.87. The van der Waals surface area contributed by atoms with Crippen molar-refractivity contribution in [1.82, 2.24) is 10.2 Å². The van der Waals surface area contributed by atoms with Gasteiger partial charge < -0.3 is 5.32 Å². The molecule has 1 fully saturated rings. The first-order chi connectivity index (χ1) is 8.97. The number of alkyl halides is 3. The molecule has 1 atom stereocenters. The number of aryl methyl sites for hydroxylation is 1. The molecule has 0 radical (unpaired) electrons. The van der Waals surface area contributed by atoms with Crippen LogP contribution in [0.25, 0.3) is 0 Å². The van der Waals surface area contributed by atoms with Crippen LogP contribution in [0.2, 0.25) is 0 Å². The van der Waals surface area contributed by atoms with E-state index in [9.17, 15) is 13.2 Å². The molecule has 2 heterocycles. The quantitative estimate of drug-likeness (QED) is 0.915. The molecule has 1 aromatic rings. The van der Waals surface area contributed by atoms with Gasteiger partial charge in [0, 0.05) is 43.5 Å². The van der Waals surface area contributed by atoms with Crippen LogP contribution < -0.4 is 5.32 Å². The van der Waals surface area contributed by atoms with Gasteiger partial charge in [-0.05, 0) is 30.4 Å². The van der Waals surface area contributed by atoms with Crippen LogP contribution in [0.1, 0.15) is 29.3 Å². The Morgan fingerprint density at radius 2 is 2.05 bits per heavy atom. The van der Waals surface area contributed by atoms with Gasteiger partial charge in [0.05, 0.1) is 0 Å². The third-order valence-corrected chi connectivity index (χ3v) is 4.62. The van der Waals surface area contributed by atoms with Crippen LogP contribution in [0.3, 0.4) is 0 Å². The summed E-state index contributed by atoms with van der Waals surface area (Å²) in [4.78, 5) is 3.27. The molecular formula is C13H19F3N2S. The fourth-order valence-electron chi connectivity index (χ4n) is 2.50. The summed E-state index contributed by atoms with van der Waals surface area (Å²) in [5.74, 6) is 0. The van der Waals surface area contributed by atoms with Gasteiger partial charge in [-0.2, -0.15) is 13.2 Å². The lowest BCUT2D eigenvalue weighted by molar-refractivity contribution is -0.138. The zero-order chi connectivity index (χ0) is 13.9. The Balaban J connectivity index is 2.10. The highest BCUT2D eigenvalue weighted by Crippen LogP contribution is 2.35. The molecule has 2 rings (SSSR count). The van der Waals surface area contributed by atoms with Crippen LogP contribution >= 0.6 is 11.3 Å². The highest BCUT2D eigenvalue weighted by molar-refractivity contribution is 7.10. The molecule has 1 aromatic heterocycles. The van der Waals surface area contributed by atoms with E-state index < -0.39 is 12.6 Å². The Morgan fingerprint density at radius 1 is 1.37 bits per heavy atom. The van der Waals surface area contributed by atoms with Gasteiger partial charge in [0.25, 0.3) is 0 Å². The molecule has 1 aliphatic heterocycles. The molecule has 0 aliphatic carbocycles. The minimum absolute atomic E-state index is 0.0938. The highest BCUT2D eigenvalue weighted by Gasteiger charge is 2.32. The number of nitrogens with one attached hydrogen (secondary N) is 1. The number of hydrogen-bond acceptors (Lipinski definition) is 3. The van der Waals surface area contributed by atoms with Crippen LogP contribution in [0.5, 0.6) is 0 Å². The topological polar surface area (TPSA) is 15.3 Å². The van der Waals surface area contributed by atoms with Crippen LogP contribution in [-0.4, -0.2) is 37.3 Å². The second-order valence-electron chi connectivity index (χ2n) is 4.92. The fraction of sp³-hybridized carbons (Fsp3) is 0.692. The first-order valence-corrected chi connectivity index (χ1v) is 7.41. The second kappa shape index (κ2) is 6.24. The number of hydrogen-bond donors (Lipinski definition) is 1. The number of halogens is 3. The number of thiophene rings is 1. The monoisotopic (exact) mass is 292 g/mol. The predicted octanol–water partition coefficient (Wildman–Crippen LogP) is 3.35. The maximum atomic E-state index is 12.5. The van der Waals surface area contributed by atoms with E-state index in [-0.39, 0.29) is 12.5 Å². The van der Waals surface area contributed by atoms with E-state index in [4.69, 9.17) is 0 Å². The molecule has 1 N–H and O–H groups in total. The average molecular weight is 292 g/mol. The van der Waals surface area contributed by atoms with Gasteiger partial charge in [0.2, 0.25) is 0 Å². The third kappa shape index (κ3) is 4.19. The number of piperazine rings is 1. The van der Waals surface area contributed by atoms with Crippen molar-refractivity contribution in [3.05, 3.63) is 21.9 Å². The van der Waals surface area contributed by atoms with Crippen LogP contribution in [-0.2, 0) is 0 Å². The van der Waals surface area contributed by atoms with Crippen molar-refractivity contribution in [3.8, 4) is 0 Å². The van der Waals surface area contributed by atoms with Crippen molar-refractivity contribution in [3.63, 3.8) is 0 Å². The van der Waals surface area contributed by atoms with Crippen LogP contribution in [0.4, 0.5) is 13.2 Å². The lowest BCUT2D eigenvalue weighted by atomic mass is 10.0. The van der Waals surface area contributed by atoms with E-state index in [1.165, 1.54) is 0 Å². The number of nitrogens with zero attached hydrogens (tertiary/aromatic N) is 1. The van der Waals surface area contributed by atoms with E-state index >= 15 is 0 Å². The predicted molar refractivity (Wildman–Crippen MR) is 71.5 cm³/mol. The maximum absolute atomic E-state index is 12.5. The largest absolute Gasteiger partial charge is 0.389 e. The Labute approximate surface area is 115 Å². The molecule has 0 aromatic carbocycles. The molecule has 0 unspecified atom stereocenters. The lowest BCUT2D eigenvalue weighted by Crippen LogP contribution is -2.45. The summed E-state index contributed by atoms with van der Waals surface area (Å²) in [7, 11) is 0. The summed E-state index contributed by atoms with van der Waals surface area (Å²) < 4.78 is 37.5. The van der Waals surface area contributed by atoms with Crippen molar-refractivity contribution in [1.29, 1.82) is 0 Å². The van der Waals surface area contributed by atoms with E-state index in [1.54, 1.807) is 11.3 Å². The van der Waals surface area contributed by atoms with Gasteiger partial charge in [-0.25, -0.2) is 0 Å². The molecule has 0 spiro atoms. The molecule has 19 heavy (non-hydrogen) atoms. The van der Waals surface area contributed by atoms with Crippen molar-refractivity contribution in [2.24, 2.45) is 0 Å². The molecule has 0 bridgehead atoms. The Bertz CT molecular complexity index is 397. The van der Waals surface area contributed by atoms with Crippen molar-refractivity contribution in [2.75, 3.05) is 26.2 Å². The summed E-state index contributed by atoms with van der Waals surface area (Å²) in [5.41, 5.74) is 1.11. The van der Waals surface area contributed by atoms with E-state index in [2.05, 4.69) is 10.2 Å². The zero-order valence-electron chi connectivity index (χ0n) is 11.0. The number of rotatable bonds is 4. The SMILES string of the molecule is Cc1ccsc1[C@H](CCC(F)(F)F)N1CCNCC1. The summed E-state index contributed by atoms with van der Waals surface area (Å²) in [6.45, 7) is 5.33. The summed E-state index contributed by atoms with van der Waals surface area (Å²) in [6, 6.07) is 1.90. The highest BCUT2D eigenvalue weighted by atomic mass is 32.1. The molecule has 6 heteroatoms. The Hall–Kier alpha value is -0.590. The average Bonchev–Trinajstić information content (AvgIpc) is 2.76. The molecule has 0 amide bonds. The van der Waals surface area contributed by atoms with Gasteiger partial charge in [0.15, 0.2) is 0 Å². The smallest absolute Gasteiger partial charge is 0.314 e. The molecule has 1 aliphatic rings. The van der Waals surface area contributed by atoms with Gasteiger partial charge in [-0.1, -0.05) is 0 Å². The maximum Gasteiger partial charge on any atom is 0.389 e. The van der Waals surface area contributed by atoms with Gasteiger partial charge in [0.1, 0.15) is 0 Å². The molecule has 0 saturated carbocycles. The van der Waals surface area contributed by atoms with Gasteiger partial charge in [-0.3, -0.25) is 4.90 Å². The zero-order valence-corrected chi connectivity index (χ0v) is 11.8. The van der Waals surface area contributed by atoms with Gasteiger partial charge >= 0.3 is 6.18 Å². The van der Waals surface area contributed by atoms with E-state index in [1.807, 2.05) is 18.4 Å². The standard InChI is InChI=1S/C13H19F3N2S/c1-10-3-9-19-12(10)11(2-4-13(14,15)16)18-7-5-17-6-8-18/h3,9,11,17H,2,4-8H2,1H3/t11-/m0/s1. The molecule has 1 saturated heterocycles. The van der Waals surface area contributed by atoms with Crippen molar-refractivity contribution >= 4 is 11.3 Å². The van der Waals surface area contributed by atoms with Crippen molar-refractivity contribution in [2.45, 2.75) is 32.0 Å². The minimum Gasteiger partial charge on any atom is -0.314 e. The third-order valence-electron chi connectivity index (χ3n) is 3.50.